The number of anilines is 5. The first-order chi connectivity index (χ1) is 30.3. The van der Waals surface area contributed by atoms with Crippen molar-refractivity contribution in [2.24, 2.45) is 0 Å². The number of ether oxygens (including phenoxy) is 1. The number of amides is 2. The monoisotopic (exact) mass is 947 g/mol. The highest BCUT2D eigenvalue weighted by molar-refractivity contribution is 9.10. The number of nitrogens with zero attached hydrogens (tertiary/aromatic N) is 4. The van der Waals surface area contributed by atoms with E-state index in [1.165, 1.54) is 12.1 Å². The fourth-order valence-electron chi connectivity index (χ4n) is 8.35. The largest absolute Gasteiger partial charge is 0.494 e. The molecule has 2 saturated heterocycles. The van der Waals surface area contributed by atoms with E-state index in [-0.39, 0.29) is 25.0 Å². The van der Waals surface area contributed by atoms with E-state index in [9.17, 15) is 28.0 Å². The van der Waals surface area contributed by atoms with Crippen LogP contribution in [0.5, 0.6) is 5.75 Å². The summed E-state index contributed by atoms with van der Waals surface area (Å²) in [5.74, 6) is -2.16. The number of pyridine rings is 1. The number of hydrogen-bond donors (Lipinski definition) is 6. The first-order valence-corrected chi connectivity index (χ1v) is 24.5. The summed E-state index contributed by atoms with van der Waals surface area (Å²) >= 11 is 3.58. The minimum atomic E-state index is -2.81. The second-order valence-electron chi connectivity index (χ2n) is 16.2. The first kappa shape index (κ1) is 45.9. The van der Waals surface area contributed by atoms with Gasteiger partial charge in [-0.1, -0.05) is 13.0 Å². The molecule has 3 aromatic carbocycles. The van der Waals surface area contributed by atoms with Crippen molar-refractivity contribution in [1.29, 1.82) is 0 Å². The smallest absolute Gasteiger partial charge is 0.234 e. The SMILES string of the molecule is CCc1cc(Nc2ncc(Br)c(Nc3ccc4nc(CO)ccc4c3P(C)(C)=O)n2)c(OC)cc1N1CCC(NCCNCCc2cc(F)c(C3CCC(=O)NC3=O)c(F)c2)CC1. The molecule has 0 radical (unpaired) electrons. The van der Waals surface area contributed by atoms with E-state index in [0.717, 1.165) is 61.2 Å². The number of hydrogen-bond acceptors (Lipinski definition) is 13. The van der Waals surface area contributed by atoms with E-state index in [4.69, 9.17) is 9.72 Å². The zero-order chi connectivity index (χ0) is 44.8. The van der Waals surface area contributed by atoms with Gasteiger partial charge in [0.05, 0.1) is 46.7 Å². The van der Waals surface area contributed by atoms with Gasteiger partial charge in [0.15, 0.2) is 0 Å². The van der Waals surface area contributed by atoms with Crippen molar-refractivity contribution < 1.29 is 32.8 Å². The molecule has 0 spiro atoms. The maximum Gasteiger partial charge on any atom is 0.234 e. The Morgan fingerprint density at radius 2 is 1.73 bits per heavy atom. The van der Waals surface area contributed by atoms with Crippen LogP contribution in [-0.2, 0) is 33.6 Å². The highest BCUT2D eigenvalue weighted by atomic mass is 79.9. The third-order valence-corrected chi connectivity index (χ3v) is 13.7. The maximum atomic E-state index is 14.9. The number of piperidine rings is 2. The number of benzene rings is 3. The molecule has 0 aliphatic carbocycles. The van der Waals surface area contributed by atoms with Gasteiger partial charge in [0, 0.05) is 72.8 Å². The van der Waals surface area contributed by atoms with Gasteiger partial charge in [0.1, 0.15) is 30.3 Å². The molecular weight excluding hydrogens is 895 g/mol. The van der Waals surface area contributed by atoms with Crippen LogP contribution in [-0.4, -0.2) is 91.1 Å². The van der Waals surface area contributed by atoms with Crippen molar-refractivity contribution >= 4 is 79.9 Å². The lowest BCUT2D eigenvalue weighted by Crippen LogP contribution is -2.44. The molecule has 1 unspecified atom stereocenters. The van der Waals surface area contributed by atoms with Crippen molar-refractivity contribution in [2.45, 2.75) is 64.0 Å². The van der Waals surface area contributed by atoms with Gasteiger partial charge < -0.3 is 40.6 Å². The van der Waals surface area contributed by atoms with E-state index >= 15 is 0 Å². The fourth-order valence-corrected chi connectivity index (χ4v) is 10.1. The molecule has 334 valence electrons. The molecule has 18 heteroatoms. The molecule has 2 aromatic heterocycles. The number of aliphatic hydroxyl groups excluding tert-OH is 1. The average molecular weight is 949 g/mol. The van der Waals surface area contributed by atoms with Crippen LogP contribution in [0.15, 0.2) is 59.2 Å². The van der Waals surface area contributed by atoms with Crippen molar-refractivity contribution in [3.8, 4) is 5.75 Å². The number of aryl methyl sites for hydroxylation is 1. The standard InChI is InChI=1S/C45H53BrF2N9O5P/c1-5-27-22-37(54-45-51-24-32(46)43(56-45)53-36-10-9-35-30(42(36)63(3,4)61)7-6-29(25-58)52-35)39(62-2)23-38(27)57-18-13-28(14-19-57)50-17-16-49-15-12-26-20-33(47)41(34(48)21-26)31-8-11-40(59)55-44(31)60/h6-7,9-10,20-24,28,31,49-50,58H,5,8,11-19,25H2,1-4H3,(H,55,59,60)(H2,51,53,54,56). The summed E-state index contributed by atoms with van der Waals surface area (Å²) in [5, 5.41) is 26.9. The van der Waals surface area contributed by atoms with Crippen LogP contribution in [0.25, 0.3) is 10.9 Å². The number of halogens is 3. The Morgan fingerprint density at radius 3 is 2.41 bits per heavy atom. The normalized spacial score (nSPS) is 16.1. The van der Waals surface area contributed by atoms with Gasteiger partial charge in [-0.05, 0) is 115 Å². The number of nitrogens with one attached hydrogen (secondary N) is 5. The summed E-state index contributed by atoms with van der Waals surface area (Å²) in [6.07, 6.45) is 4.92. The van der Waals surface area contributed by atoms with E-state index < -0.39 is 36.5 Å². The van der Waals surface area contributed by atoms with Crippen molar-refractivity contribution in [1.82, 2.24) is 30.9 Å². The van der Waals surface area contributed by atoms with Gasteiger partial charge in [0.25, 0.3) is 0 Å². The van der Waals surface area contributed by atoms with Crippen LogP contribution < -0.4 is 41.5 Å². The highest BCUT2D eigenvalue weighted by Crippen LogP contribution is 2.42. The molecule has 0 bridgehead atoms. The highest BCUT2D eigenvalue weighted by Gasteiger charge is 2.32. The van der Waals surface area contributed by atoms with E-state index in [1.54, 1.807) is 32.7 Å². The molecule has 2 amide bonds. The molecule has 2 fully saturated rings. The van der Waals surface area contributed by atoms with Crippen molar-refractivity contribution in [3.05, 3.63) is 93.2 Å². The number of aromatic nitrogens is 3. The third-order valence-electron chi connectivity index (χ3n) is 11.5. The van der Waals surface area contributed by atoms with Gasteiger partial charge in [-0.25, -0.2) is 13.8 Å². The lowest BCUT2D eigenvalue weighted by atomic mass is 9.89. The summed E-state index contributed by atoms with van der Waals surface area (Å²) in [6, 6.07) is 14.3. The predicted octanol–water partition coefficient (Wildman–Crippen LogP) is 6.77. The Balaban J connectivity index is 0.925. The molecule has 4 heterocycles. The van der Waals surface area contributed by atoms with Crippen LogP contribution in [0.4, 0.5) is 37.6 Å². The van der Waals surface area contributed by atoms with Crippen LogP contribution in [0.3, 0.4) is 0 Å². The van der Waals surface area contributed by atoms with Gasteiger partial charge in [-0.2, -0.15) is 4.98 Å². The van der Waals surface area contributed by atoms with E-state index in [2.05, 4.69) is 76.4 Å². The summed E-state index contributed by atoms with van der Waals surface area (Å²) in [4.78, 5) is 39.9. The van der Waals surface area contributed by atoms with Crippen LogP contribution in [0.1, 0.15) is 60.9 Å². The summed E-state index contributed by atoms with van der Waals surface area (Å²) in [5.41, 5.74) is 5.02. The molecule has 1 atom stereocenters. The molecule has 14 nitrogen and oxygen atoms in total. The molecule has 7 rings (SSSR count). The molecular formula is C45H53BrF2N9O5P. The topological polar surface area (TPSA) is 183 Å². The molecule has 6 N–H and O–H groups in total. The Hall–Kier alpha value is -5.06. The number of carbonyl (C=O) groups is 2. The van der Waals surface area contributed by atoms with Crippen LogP contribution in [0.2, 0.25) is 0 Å². The quantitative estimate of drug-likeness (QED) is 0.0327. The molecule has 2 aliphatic heterocycles. The Morgan fingerprint density at radius 1 is 0.968 bits per heavy atom. The zero-order valence-electron chi connectivity index (χ0n) is 35.8. The second-order valence-corrected chi connectivity index (χ2v) is 20.2. The van der Waals surface area contributed by atoms with Crippen LogP contribution in [0, 0.1) is 11.6 Å². The lowest BCUT2D eigenvalue weighted by Gasteiger charge is -2.35. The summed E-state index contributed by atoms with van der Waals surface area (Å²) in [6.45, 7) is 9.07. The molecule has 0 saturated carbocycles. The van der Waals surface area contributed by atoms with Gasteiger partial charge in [-0.15, -0.1) is 0 Å². The number of rotatable bonds is 17. The first-order valence-electron chi connectivity index (χ1n) is 21.1. The average Bonchev–Trinajstić information content (AvgIpc) is 3.25. The molecule has 2 aliphatic rings. The number of methoxy groups -OCH3 is 1. The Kier molecular flexibility index (Phi) is 14.7. The Labute approximate surface area is 373 Å². The fraction of sp³-hybridized carbons (Fsp3) is 0.400. The van der Waals surface area contributed by atoms with Gasteiger partial charge >= 0.3 is 0 Å². The minimum Gasteiger partial charge on any atom is -0.494 e. The van der Waals surface area contributed by atoms with Crippen LogP contribution >= 0.6 is 23.1 Å². The lowest BCUT2D eigenvalue weighted by molar-refractivity contribution is -0.134. The Bertz CT molecular complexity index is 2530. The zero-order valence-corrected chi connectivity index (χ0v) is 38.3. The number of carbonyl (C=O) groups excluding carboxylic acids is 2. The van der Waals surface area contributed by atoms with Gasteiger partial charge in [0.2, 0.25) is 17.8 Å². The number of imide groups is 1. The van der Waals surface area contributed by atoms with Crippen molar-refractivity contribution in [2.75, 3.05) is 68.7 Å². The van der Waals surface area contributed by atoms with Gasteiger partial charge in [-0.3, -0.25) is 19.9 Å². The maximum absolute atomic E-state index is 14.9. The summed E-state index contributed by atoms with van der Waals surface area (Å²) in [7, 11) is -1.17. The predicted molar refractivity (Wildman–Crippen MR) is 247 cm³/mol. The number of aliphatic hydroxyl groups is 1. The van der Waals surface area contributed by atoms with Crippen molar-refractivity contribution in [3.63, 3.8) is 0 Å². The number of fused-ring (bicyclic) bond motifs is 1. The van der Waals surface area contributed by atoms with E-state index in [0.29, 0.717) is 75.3 Å². The second kappa shape index (κ2) is 20.2. The molecule has 63 heavy (non-hydrogen) atoms. The van der Waals surface area contributed by atoms with E-state index in [1.807, 2.05) is 18.2 Å². The summed E-state index contributed by atoms with van der Waals surface area (Å²) < 4.78 is 50.0. The molecule has 5 aromatic rings. The third kappa shape index (κ3) is 10.8. The minimum absolute atomic E-state index is 0.0530.